The van der Waals surface area contributed by atoms with Gasteiger partial charge in [-0.15, -0.1) is 11.3 Å². The van der Waals surface area contributed by atoms with E-state index in [0.29, 0.717) is 11.4 Å². The standard InChI is InChI=1S/C15H20N2O2S2/c1-12(2)17(11-14-5-4-10-20-14)21(18,19)15-8-6-13(16-3)7-9-15/h4-10,12,16H,11H2,1-3H3. The van der Waals surface area contributed by atoms with Crippen LogP contribution in [-0.4, -0.2) is 25.8 Å². The molecule has 1 N–H and O–H groups in total. The Morgan fingerprint density at radius 2 is 1.86 bits per heavy atom. The van der Waals surface area contributed by atoms with Crippen LogP contribution >= 0.6 is 11.3 Å². The first-order valence-corrected chi connectivity index (χ1v) is 9.09. The molecule has 2 rings (SSSR count). The molecule has 6 heteroatoms. The van der Waals surface area contributed by atoms with Crippen molar-refractivity contribution in [3.05, 3.63) is 46.7 Å². The maximum Gasteiger partial charge on any atom is 0.243 e. The van der Waals surface area contributed by atoms with E-state index in [9.17, 15) is 8.42 Å². The summed E-state index contributed by atoms with van der Waals surface area (Å²) in [5.74, 6) is 0. The maximum absolute atomic E-state index is 12.8. The van der Waals surface area contributed by atoms with E-state index in [1.165, 1.54) is 4.31 Å². The first-order valence-electron chi connectivity index (χ1n) is 6.77. The summed E-state index contributed by atoms with van der Waals surface area (Å²) in [4.78, 5) is 1.37. The first kappa shape index (κ1) is 16.0. The molecule has 2 aromatic rings. The molecule has 4 nitrogen and oxygen atoms in total. The molecule has 1 aromatic carbocycles. The van der Waals surface area contributed by atoms with E-state index in [4.69, 9.17) is 0 Å². The SMILES string of the molecule is CNc1ccc(S(=O)(=O)N(Cc2cccs2)C(C)C)cc1. The molecule has 1 aromatic heterocycles. The van der Waals surface area contributed by atoms with Crippen molar-refractivity contribution < 1.29 is 8.42 Å². The van der Waals surface area contributed by atoms with E-state index in [0.717, 1.165) is 10.6 Å². The van der Waals surface area contributed by atoms with Crippen molar-refractivity contribution in [2.24, 2.45) is 0 Å². The number of sulfonamides is 1. The van der Waals surface area contributed by atoms with Crippen LogP contribution in [0.5, 0.6) is 0 Å². The largest absolute Gasteiger partial charge is 0.388 e. The molecule has 1 heterocycles. The second-order valence-electron chi connectivity index (χ2n) is 5.00. The van der Waals surface area contributed by atoms with Crippen molar-refractivity contribution >= 4 is 27.0 Å². The molecular formula is C15H20N2O2S2. The van der Waals surface area contributed by atoms with E-state index in [2.05, 4.69) is 5.32 Å². The van der Waals surface area contributed by atoms with Gasteiger partial charge in [0.2, 0.25) is 10.0 Å². The van der Waals surface area contributed by atoms with E-state index in [1.54, 1.807) is 42.6 Å². The first-order chi connectivity index (χ1) is 9.95. The third kappa shape index (κ3) is 3.64. The van der Waals surface area contributed by atoms with Crippen molar-refractivity contribution in [1.82, 2.24) is 4.31 Å². The minimum Gasteiger partial charge on any atom is -0.388 e. The third-order valence-electron chi connectivity index (χ3n) is 3.22. The van der Waals surface area contributed by atoms with Gasteiger partial charge < -0.3 is 5.32 Å². The highest BCUT2D eigenvalue weighted by molar-refractivity contribution is 7.89. The maximum atomic E-state index is 12.8. The normalized spacial score (nSPS) is 12.0. The van der Waals surface area contributed by atoms with Gasteiger partial charge in [0.15, 0.2) is 0 Å². The smallest absolute Gasteiger partial charge is 0.243 e. The lowest BCUT2D eigenvalue weighted by atomic mass is 10.3. The molecule has 0 aliphatic carbocycles. The van der Waals surface area contributed by atoms with Crippen LogP contribution in [0.25, 0.3) is 0 Å². The molecular weight excluding hydrogens is 304 g/mol. The van der Waals surface area contributed by atoms with Crippen molar-refractivity contribution in [3.63, 3.8) is 0 Å². The van der Waals surface area contributed by atoms with Crippen LogP contribution in [-0.2, 0) is 16.6 Å². The van der Waals surface area contributed by atoms with Gasteiger partial charge in [0, 0.05) is 30.2 Å². The summed E-state index contributed by atoms with van der Waals surface area (Å²) in [5, 5.41) is 4.95. The number of rotatable bonds is 6. The number of thiophene rings is 1. The predicted molar refractivity (Wildman–Crippen MR) is 88.2 cm³/mol. The summed E-state index contributed by atoms with van der Waals surface area (Å²) in [5.41, 5.74) is 0.892. The van der Waals surface area contributed by atoms with Gasteiger partial charge in [0.25, 0.3) is 0 Å². The van der Waals surface area contributed by atoms with Crippen molar-refractivity contribution in [2.75, 3.05) is 12.4 Å². The number of nitrogens with zero attached hydrogens (tertiary/aromatic N) is 1. The molecule has 0 saturated heterocycles. The van der Waals surface area contributed by atoms with Gasteiger partial charge in [-0.1, -0.05) is 6.07 Å². The number of anilines is 1. The quantitative estimate of drug-likeness (QED) is 0.886. The molecule has 114 valence electrons. The second kappa shape index (κ2) is 6.60. The lowest BCUT2D eigenvalue weighted by molar-refractivity contribution is 0.350. The van der Waals surface area contributed by atoms with Gasteiger partial charge in [0.1, 0.15) is 0 Å². The average molecular weight is 324 g/mol. The van der Waals surface area contributed by atoms with E-state index in [1.807, 2.05) is 31.4 Å². The molecule has 0 saturated carbocycles. The Morgan fingerprint density at radius 3 is 2.33 bits per heavy atom. The van der Waals surface area contributed by atoms with E-state index < -0.39 is 10.0 Å². The molecule has 0 bridgehead atoms. The molecule has 0 radical (unpaired) electrons. The molecule has 0 aliphatic heterocycles. The Kier molecular flexibility index (Phi) is 5.03. The van der Waals surface area contributed by atoms with Crippen molar-refractivity contribution in [2.45, 2.75) is 31.3 Å². The molecule has 21 heavy (non-hydrogen) atoms. The molecule has 0 atom stereocenters. The van der Waals surface area contributed by atoms with Crippen molar-refractivity contribution in [3.8, 4) is 0 Å². The van der Waals surface area contributed by atoms with Crippen LogP contribution in [0.4, 0.5) is 5.69 Å². The van der Waals surface area contributed by atoms with Crippen LogP contribution in [0, 0.1) is 0 Å². The highest BCUT2D eigenvalue weighted by atomic mass is 32.2. The topological polar surface area (TPSA) is 49.4 Å². The summed E-state index contributed by atoms with van der Waals surface area (Å²) in [6.45, 7) is 4.20. The highest BCUT2D eigenvalue weighted by Gasteiger charge is 2.27. The minimum atomic E-state index is -3.49. The van der Waals surface area contributed by atoms with Gasteiger partial charge in [0.05, 0.1) is 4.90 Å². The van der Waals surface area contributed by atoms with Gasteiger partial charge in [-0.3, -0.25) is 0 Å². The van der Waals surface area contributed by atoms with Crippen molar-refractivity contribution in [1.29, 1.82) is 0 Å². The second-order valence-corrected chi connectivity index (χ2v) is 7.92. The summed E-state index contributed by atoms with van der Waals surface area (Å²) < 4.78 is 27.2. The summed E-state index contributed by atoms with van der Waals surface area (Å²) >= 11 is 1.57. The van der Waals surface area contributed by atoms with Crippen LogP contribution in [0.15, 0.2) is 46.7 Å². The number of hydrogen-bond acceptors (Lipinski definition) is 4. The third-order valence-corrected chi connectivity index (χ3v) is 6.11. The fraction of sp³-hybridized carbons (Fsp3) is 0.333. The zero-order valence-electron chi connectivity index (χ0n) is 12.4. The Hall–Kier alpha value is -1.37. The highest BCUT2D eigenvalue weighted by Crippen LogP contribution is 2.23. The molecule has 0 aliphatic rings. The number of nitrogens with one attached hydrogen (secondary N) is 1. The molecule has 0 fully saturated rings. The Labute approximate surface area is 130 Å². The predicted octanol–water partition coefficient (Wildman–Crippen LogP) is 3.39. The molecule has 0 unspecified atom stereocenters. The lowest BCUT2D eigenvalue weighted by Gasteiger charge is -2.25. The van der Waals surface area contributed by atoms with Gasteiger partial charge in [-0.05, 0) is 49.6 Å². The summed E-state index contributed by atoms with van der Waals surface area (Å²) in [6.07, 6.45) is 0. The molecule has 0 amide bonds. The summed E-state index contributed by atoms with van der Waals surface area (Å²) in [7, 11) is -1.68. The molecule has 0 spiro atoms. The zero-order valence-corrected chi connectivity index (χ0v) is 14.0. The average Bonchev–Trinajstić information content (AvgIpc) is 2.97. The summed E-state index contributed by atoms with van der Waals surface area (Å²) in [6, 6.07) is 10.6. The fourth-order valence-corrected chi connectivity index (χ4v) is 4.43. The zero-order chi connectivity index (χ0) is 15.5. The van der Waals surface area contributed by atoms with E-state index >= 15 is 0 Å². The Bertz CT molecular complexity index is 662. The monoisotopic (exact) mass is 324 g/mol. The Morgan fingerprint density at radius 1 is 1.19 bits per heavy atom. The minimum absolute atomic E-state index is 0.0962. The fourth-order valence-electron chi connectivity index (χ4n) is 2.03. The Balaban J connectivity index is 2.32. The number of benzene rings is 1. The van der Waals surface area contributed by atoms with Crippen LogP contribution < -0.4 is 5.32 Å². The lowest BCUT2D eigenvalue weighted by Crippen LogP contribution is -2.36. The van der Waals surface area contributed by atoms with Gasteiger partial charge in [-0.25, -0.2) is 8.42 Å². The van der Waals surface area contributed by atoms with Crippen LogP contribution in [0.1, 0.15) is 18.7 Å². The van der Waals surface area contributed by atoms with Crippen LogP contribution in [0.2, 0.25) is 0 Å². The van der Waals surface area contributed by atoms with E-state index in [-0.39, 0.29) is 6.04 Å². The number of hydrogen-bond donors (Lipinski definition) is 1. The van der Waals surface area contributed by atoms with Gasteiger partial charge in [-0.2, -0.15) is 4.31 Å². The van der Waals surface area contributed by atoms with Crippen LogP contribution in [0.3, 0.4) is 0 Å². The van der Waals surface area contributed by atoms with Gasteiger partial charge >= 0.3 is 0 Å².